The molecule has 2 aromatic carbocycles. The Balaban J connectivity index is 2.30. The Hall–Kier alpha value is -3.35. The van der Waals surface area contributed by atoms with Crippen LogP contribution in [0.3, 0.4) is 0 Å². The molecule has 0 unspecified atom stereocenters. The molecule has 0 aromatic heterocycles. The minimum Gasteiger partial charge on any atom is -0.497 e. The van der Waals surface area contributed by atoms with Crippen molar-refractivity contribution in [2.75, 3.05) is 14.2 Å². The first-order valence-corrected chi connectivity index (χ1v) is 8.59. The van der Waals surface area contributed by atoms with Crippen LogP contribution < -0.4 is 18.9 Å². The van der Waals surface area contributed by atoms with Crippen LogP contribution in [0.4, 0.5) is 0 Å². The summed E-state index contributed by atoms with van der Waals surface area (Å²) in [5.74, 6) is -0.418. The zero-order valence-corrected chi connectivity index (χ0v) is 16.2. The molecule has 0 radical (unpaired) electrons. The van der Waals surface area contributed by atoms with E-state index in [1.165, 1.54) is 33.1 Å². The minimum atomic E-state index is -0.605. The Kier molecular flexibility index (Phi) is 7.14. The molecule has 0 fully saturated rings. The molecule has 0 spiro atoms. The lowest BCUT2D eigenvalue weighted by Gasteiger charge is -2.14. The lowest BCUT2D eigenvalue weighted by Crippen LogP contribution is -2.11. The van der Waals surface area contributed by atoms with Crippen molar-refractivity contribution in [1.29, 1.82) is 0 Å². The summed E-state index contributed by atoms with van der Waals surface area (Å²) in [5, 5.41) is 0. The van der Waals surface area contributed by atoms with E-state index in [0.29, 0.717) is 6.42 Å². The van der Waals surface area contributed by atoms with Crippen LogP contribution in [-0.2, 0) is 16.0 Å². The Morgan fingerprint density at radius 2 is 1.39 bits per heavy atom. The van der Waals surface area contributed by atoms with Gasteiger partial charge in [0.2, 0.25) is 0 Å². The second-order valence-electron chi connectivity index (χ2n) is 5.96. The molecule has 28 heavy (non-hydrogen) atoms. The minimum absolute atomic E-state index is 0.0113. The number of ether oxygens (including phenoxy) is 4. The molecule has 0 heterocycles. The summed E-state index contributed by atoms with van der Waals surface area (Å²) in [6.07, 6.45) is 0.654. The maximum Gasteiger partial charge on any atom is 0.308 e. The Morgan fingerprint density at radius 3 is 1.93 bits per heavy atom. The van der Waals surface area contributed by atoms with E-state index in [9.17, 15) is 14.4 Å². The van der Waals surface area contributed by atoms with E-state index in [-0.39, 0.29) is 35.0 Å². The number of hydrogen-bond donors (Lipinski definition) is 0. The highest BCUT2D eigenvalue weighted by molar-refractivity contribution is 6.02. The Labute approximate surface area is 163 Å². The van der Waals surface area contributed by atoms with Gasteiger partial charge in [-0.25, -0.2) is 0 Å². The van der Waals surface area contributed by atoms with Gasteiger partial charge in [0.05, 0.1) is 14.2 Å². The second kappa shape index (κ2) is 9.55. The zero-order valence-electron chi connectivity index (χ0n) is 16.2. The van der Waals surface area contributed by atoms with E-state index in [4.69, 9.17) is 18.9 Å². The summed E-state index contributed by atoms with van der Waals surface area (Å²) in [6, 6.07) is 10.1. The first-order valence-electron chi connectivity index (χ1n) is 8.59. The van der Waals surface area contributed by atoms with Gasteiger partial charge in [-0.1, -0.05) is 12.1 Å². The Morgan fingerprint density at radius 1 is 0.786 bits per heavy atom. The highest BCUT2D eigenvalue weighted by Gasteiger charge is 2.22. The van der Waals surface area contributed by atoms with Crippen LogP contribution in [0.25, 0.3) is 0 Å². The molecular formula is C21H22O7. The van der Waals surface area contributed by atoms with Crippen molar-refractivity contribution >= 4 is 17.7 Å². The fraction of sp³-hybridized carbons (Fsp3) is 0.286. The fourth-order valence-corrected chi connectivity index (χ4v) is 2.64. The van der Waals surface area contributed by atoms with Gasteiger partial charge in [-0.05, 0) is 24.1 Å². The topological polar surface area (TPSA) is 88.1 Å². The van der Waals surface area contributed by atoms with Gasteiger partial charge in [-0.3, -0.25) is 14.4 Å². The number of esters is 2. The van der Waals surface area contributed by atoms with E-state index in [2.05, 4.69) is 0 Å². The van der Waals surface area contributed by atoms with E-state index in [1.807, 2.05) is 24.3 Å². The smallest absolute Gasteiger partial charge is 0.308 e. The normalized spacial score (nSPS) is 10.1. The number of methoxy groups -OCH3 is 2. The number of rotatable bonds is 8. The molecule has 0 aliphatic rings. The maximum atomic E-state index is 12.9. The summed E-state index contributed by atoms with van der Waals surface area (Å²) in [7, 11) is 2.96. The predicted molar refractivity (Wildman–Crippen MR) is 101 cm³/mol. The highest BCUT2D eigenvalue weighted by atomic mass is 16.5. The summed E-state index contributed by atoms with van der Waals surface area (Å²) >= 11 is 0. The van der Waals surface area contributed by atoms with Crippen molar-refractivity contribution < 1.29 is 33.3 Å². The maximum absolute atomic E-state index is 12.9. The van der Waals surface area contributed by atoms with Crippen molar-refractivity contribution in [2.24, 2.45) is 0 Å². The van der Waals surface area contributed by atoms with Crippen molar-refractivity contribution in [1.82, 2.24) is 0 Å². The van der Waals surface area contributed by atoms with Crippen molar-refractivity contribution in [2.45, 2.75) is 26.7 Å². The van der Waals surface area contributed by atoms with Crippen molar-refractivity contribution in [3.63, 3.8) is 0 Å². The SMILES string of the molecule is COc1ccc(CCC(=O)c2c(OC)cc(OC(C)=O)cc2OC(C)=O)cc1. The molecular weight excluding hydrogens is 364 g/mol. The third-order valence-electron chi connectivity index (χ3n) is 3.85. The van der Waals surface area contributed by atoms with E-state index in [1.54, 1.807) is 7.11 Å². The molecule has 0 saturated carbocycles. The van der Waals surface area contributed by atoms with Crippen LogP contribution in [0.5, 0.6) is 23.0 Å². The monoisotopic (exact) mass is 386 g/mol. The highest BCUT2D eigenvalue weighted by Crippen LogP contribution is 2.35. The summed E-state index contributed by atoms with van der Waals surface area (Å²) in [6.45, 7) is 2.46. The van der Waals surface area contributed by atoms with E-state index < -0.39 is 11.9 Å². The number of hydrogen-bond acceptors (Lipinski definition) is 7. The molecule has 0 saturated heterocycles. The largest absolute Gasteiger partial charge is 0.497 e. The van der Waals surface area contributed by atoms with Gasteiger partial charge in [0, 0.05) is 32.4 Å². The van der Waals surface area contributed by atoms with Crippen LogP contribution >= 0.6 is 0 Å². The van der Waals surface area contributed by atoms with Crippen LogP contribution in [0, 0.1) is 0 Å². The van der Waals surface area contributed by atoms with Gasteiger partial charge in [-0.15, -0.1) is 0 Å². The van der Waals surface area contributed by atoms with Crippen molar-refractivity contribution in [3.8, 4) is 23.0 Å². The third-order valence-corrected chi connectivity index (χ3v) is 3.85. The van der Waals surface area contributed by atoms with Crippen LogP contribution in [0.2, 0.25) is 0 Å². The van der Waals surface area contributed by atoms with Gasteiger partial charge < -0.3 is 18.9 Å². The van der Waals surface area contributed by atoms with Gasteiger partial charge >= 0.3 is 11.9 Å². The van der Waals surface area contributed by atoms with Crippen LogP contribution in [-0.4, -0.2) is 31.9 Å². The number of carbonyl (C=O) groups excluding carboxylic acids is 3. The molecule has 0 atom stereocenters. The number of carbonyl (C=O) groups is 3. The van der Waals surface area contributed by atoms with Crippen LogP contribution in [0.15, 0.2) is 36.4 Å². The lowest BCUT2D eigenvalue weighted by molar-refractivity contribution is -0.132. The molecule has 0 N–H and O–H groups in total. The summed E-state index contributed by atoms with van der Waals surface area (Å²) < 4.78 is 20.6. The van der Waals surface area contributed by atoms with Gasteiger partial charge in [0.15, 0.2) is 5.78 Å². The number of Topliss-reactive ketones (excluding diaryl/α,β-unsaturated/α-hetero) is 1. The number of ketones is 1. The predicted octanol–water partition coefficient (Wildman–Crippen LogP) is 3.37. The third kappa shape index (κ3) is 5.57. The molecule has 7 nitrogen and oxygen atoms in total. The second-order valence-corrected chi connectivity index (χ2v) is 5.96. The molecule has 0 aliphatic carbocycles. The molecule has 0 aliphatic heterocycles. The first-order chi connectivity index (χ1) is 13.3. The quantitative estimate of drug-likeness (QED) is 0.390. The fourth-order valence-electron chi connectivity index (χ4n) is 2.64. The standard InChI is InChI=1S/C21H22O7/c1-13(22)27-17-11-19(26-4)21(20(12-17)28-14(2)23)18(24)10-7-15-5-8-16(25-3)9-6-15/h5-6,8-9,11-12H,7,10H2,1-4H3. The molecule has 0 amide bonds. The molecule has 148 valence electrons. The average Bonchev–Trinajstić information content (AvgIpc) is 2.65. The zero-order chi connectivity index (χ0) is 20.7. The van der Waals surface area contributed by atoms with E-state index in [0.717, 1.165) is 11.3 Å². The molecule has 0 bridgehead atoms. The number of aryl methyl sites for hydroxylation is 1. The van der Waals surface area contributed by atoms with Gasteiger partial charge in [-0.2, -0.15) is 0 Å². The van der Waals surface area contributed by atoms with Gasteiger partial charge in [0.25, 0.3) is 0 Å². The molecule has 2 aromatic rings. The van der Waals surface area contributed by atoms with Gasteiger partial charge in [0.1, 0.15) is 28.6 Å². The summed E-state index contributed by atoms with van der Waals surface area (Å²) in [4.78, 5) is 35.5. The first kappa shape index (κ1) is 21.0. The molecule has 7 heteroatoms. The molecule has 2 rings (SSSR count). The summed E-state index contributed by atoms with van der Waals surface area (Å²) in [5.41, 5.74) is 1.08. The number of benzene rings is 2. The average molecular weight is 386 g/mol. The Bertz CT molecular complexity index is 869. The lowest BCUT2D eigenvalue weighted by atomic mass is 10.0. The van der Waals surface area contributed by atoms with E-state index >= 15 is 0 Å². The van der Waals surface area contributed by atoms with Crippen molar-refractivity contribution in [3.05, 3.63) is 47.5 Å². The van der Waals surface area contributed by atoms with Crippen LogP contribution in [0.1, 0.15) is 36.2 Å².